The normalized spacial score (nSPS) is 12.7. The van der Waals surface area contributed by atoms with E-state index in [1.807, 2.05) is 54.6 Å². The third-order valence-electron chi connectivity index (χ3n) is 5.74. The lowest BCUT2D eigenvalue weighted by Gasteiger charge is -2.24. The number of benzene rings is 3. The Bertz CT molecular complexity index is 1110. The van der Waals surface area contributed by atoms with E-state index in [0.29, 0.717) is 10.6 Å². The Morgan fingerprint density at radius 1 is 0.900 bits per heavy atom. The van der Waals surface area contributed by atoms with E-state index >= 15 is 0 Å². The molecule has 0 bridgehead atoms. The summed E-state index contributed by atoms with van der Waals surface area (Å²) in [6.45, 7) is 2.09. The molecule has 1 N–H and O–H groups in total. The second-order valence-corrected chi connectivity index (χ2v) is 8.31. The molecule has 152 valence electrons. The highest BCUT2D eigenvalue weighted by molar-refractivity contribution is 6.30. The van der Waals surface area contributed by atoms with Gasteiger partial charge in [-0.05, 0) is 84.0 Å². The SMILES string of the molecule is Cc1c(NC(=O)c2ccc(-c3ccc(Cl)cc3)cc2)ccc2c1CCC(N(C)C)=C2. The molecule has 0 radical (unpaired) electrons. The van der Waals surface area contributed by atoms with Crippen molar-refractivity contribution in [2.45, 2.75) is 19.8 Å². The van der Waals surface area contributed by atoms with Crippen molar-refractivity contribution in [2.24, 2.45) is 0 Å². The molecule has 1 aliphatic rings. The van der Waals surface area contributed by atoms with Crippen LogP contribution < -0.4 is 5.32 Å². The Kier molecular flexibility index (Phi) is 5.65. The average Bonchev–Trinajstić information content (AvgIpc) is 2.76. The molecule has 1 amide bonds. The molecule has 4 heteroatoms. The van der Waals surface area contributed by atoms with Gasteiger partial charge in [0.2, 0.25) is 0 Å². The van der Waals surface area contributed by atoms with Crippen LogP contribution in [-0.2, 0) is 6.42 Å². The fourth-order valence-electron chi connectivity index (χ4n) is 3.89. The Morgan fingerprint density at radius 3 is 2.17 bits per heavy atom. The summed E-state index contributed by atoms with van der Waals surface area (Å²) in [4.78, 5) is 15.0. The summed E-state index contributed by atoms with van der Waals surface area (Å²) in [5.74, 6) is -0.0963. The van der Waals surface area contributed by atoms with Crippen LogP contribution in [0.2, 0.25) is 5.02 Å². The predicted octanol–water partition coefficient (Wildman–Crippen LogP) is 6.42. The topological polar surface area (TPSA) is 32.3 Å². The molecule has 0 heterocycles. The molecule has 0 saturated heterocycles. The van der Waals surface area contributed by atoms with Crippen molar-refractivity contribution in [3.05, 3.63) is 93.6 Å². The molecular weight excluding hydrogens is 392 g/mol. The summed E-state index contributed by atoms with van der Waals surface area (Å²) in [7, 11) is 4.16. The Labute approximate surface area is 183 Å². The van der Waals surface area contributed by atoms with Crippen molar-refractivity contribution in [1.29, 1.82) is 0 Å². The highest BCUT2D eigenvalue weighted by atomic mass is 35.5. The molecule has 0 spiro atoms. The van der Waals surface area contributed by atoms with Gasteiger partial charge >= 0.3 is 0 Å². The number of nitrogens with one attached hydrogen (secondary N) is 1. The second-order valence-electron chi connectivity index (χ2n) is 7.87. The number of fused-ring (bicyclic) bond motifs is 1. The maximum absolute atomic E-state index is 12.8. The van der Waals surface area contributed by atoms with E-state index in [1.54, 1.807) is 0 Å². The number of carbonyl (C=O) groups is 1. The molecule has 0 atom stereocenters. The van der Waals surface area contributed by atoms with E-state index in [0.717, 1.165) is 35.2 Å². The molecule has 0 aliphatic heterocycles. The van der Waals surface area contributed by atoms with Crippen molar-refractivity contribution in [2.75, 3.05) is 19.4 Å². The van der Waals surface area contributed by atoms with Gasteiger partial charge in [0.15, 0.2) is 0 Å². The third-order valence-corrected chi connectivity index (χ3v) is 5.99. The van der Waals surface area contributed by atoms with Gasteiger partial charge in [0.25, 0.3) is 5.91 Å². The minimum absolute atomic E-state index is 0.0963. The van der Waals surface area contributed by atoms with E-state index in [2.05, 4.69) is 43.4 Å². The number of halogens is 1. The standard InChI is InChI=1S/C26H25ClN2O/c1-17-24-14-13-23(29(2)3)16-21(24)10-15-25(17)28-26(30)20-6-4-18(5-7-20)19-8-11-22(27)12-9-19/h4-12,15-16H,13-14H2,1-3H3,(H,28,30). The molecule has 0 saturated carbocycles. The Balaban J connectivity index is 1.52. The number of hydrogen-bond acceptors (Lipinski definition) is 2. The highest BCUT2D eigenvalue weighted by Gasteiger charge is 2.17. The minimum Gasteiger partial charge on any atom is -0.381 e. The van der Waals surface area contributed by atoms with Crippen LogP contribution in [0.25, 0.3) is 17.2 Å². The van der Waals surface area contributed by atoms with E-state index < -0.39 is 0 Å². The van der Waals surface area contributed by atoms with E-state index in [-0.39, 0.29) is 5.91 Å². The van der Waals surface area contributed by atoms with Crippen molar-refractivity contribution >= 4 is 29.3 Å². The number of nitrogens with zero attached hydrogens (tertiary/aromatic N) is 1. The molecule has 30 heavy (non-hydrogen) atoms. The van der Waals surface area contributed by atoms with Gasteiger partial charge in [0.05, 0.1) is 0 Å². The summed E-state index contributed by atoms with van der Waals surface area (Å²) in [5.41, 5.74) is 8.68. The number of carbonyl (C=O) groups excluding carboxylic acids is 1. The van der Waals surface area contributed by atoms with Crippen LogP contribution >= 0.6 is 11.6 Å². The molecule has 3 nitrogen and oxygen atoms in total. The van der Waals surface area contributed by atoms with Gasteiger partial charge in [-0.15, -0.1) is 0 Å². The van der Waals surface area contributed by atoms with Crippen molar-refractivity contribution in [1.82, 2.24) is 4.90 Å². The number of anilines is 1. The fourth-order valence-corrected chi connectivity index (χ4v) is 4.01. The van der Waals surface area contributed by atoms with E-state index in [1.165, 1.54) is 16.8 Å². The zero-order valence-electron chi connectivity index (χ0n) is 17.5. The minimum atomic E-state index is -0.0963. The second kappa shape index (κ2) is 8.37. The number of rotatable bonds is 4. The van der Waals surface area contributed by atoms with Gasteiger partial charge in [-0.25, -0.2) is 0 Å². The average molecular weight is 417 g/mol. The maximum atomic E-state index is 12.8. The third kappa shape index (κ3) is 4.12. The lowest BCUT2D eigenvalue weighted by Crippen LogP contribution is -2.17. The number of hydrogen-bond donors (Lipinski definition) is 1. The molecule has 0 aromatic heterocycles. The Morgan fingerprint density at radius 2 is 1.53 bits per heavy atom. The summed E-state index contributed by atoms with van der Waals surface area (Å²) in [6.07, 6.45) is 4.25. The van der Waals surface area contributed by atoms with Gasteiger partial charge in [-0.1, -0.05) is 41.9 Å². The van der Waals surface area contributed by atoms with E-state index in [9.17, 15) is 4.79 Å². The fraction of sp³-hybridized carbons (Fsp3) is 0.192. The highest BCUT2D eigenvalue weighted by Crippen LogP contribution is 2.31. The first-order valence-corrected chi connectivity index (χ1v) is 10.5. The predicted molar refractivity (Wildman–Crippen MR) is 126 cm³/mol. The Hall–Kier alpha value is -3.04. The van der Waals surface area contributed by atoms with Crippen molar-refractivity contribution in [3.63, 3.8) is 0 Å². The van der Waals surface area contributed by atoms with Crippen molar-refractivity contribution in [3.8, 4) is 11.1 Å². The van der Waals surface area contributed by atoms with Gasteiger partial charge in [-0.3, -0.25) is 4.79 Å². The molecular formula is C26H25ClN2O. The van der Waals surface area contributed by atoms with Crippen LogP contribution in [0.1, 0.15) is 33.5 Å². The maximum Gasteiger partial charge on any atom is 0.255 e. The van der Waals surface area contributed by atoms with E-state index in [4.69, 9.17) is 11.6 Å². The zero-order chi connectivity index (χ0) is 21.3. The van der Waals surface area contributed by atoms with Gasteiger partial charge in [0, 0.05) is 36.1 Å². The molecule has 3 aromatic rings. The first-order valence-electron chi connectivity index (χ1n) is 10.1. The largest absolute Gasteiger partial charge is 0.381 e. The molecule has 1 aliphatic carbocycles. The van der Waals surface area contributed by atoms with Crippen LogP contribution in [0.5, 0.6) is 0 Å². The van der Waals surface area contributed by atoms with Crippen LogP contribution in [0.15, 0.2) is 66.4 Å². The van der Waals surface area contributed by atoms with Crippen LogP contribution in [0.4, 0.5) is 5.69 Å². The van der Waals surface area contributed by atoms with Gasteiger partial charge in [0.1, 0.15) is 0 Å². The molecule has 3 aromatic carbocycles. The summed E-state index contributed by atoms with van der Waals surface area (Å²) < 4.78 is 0. The molecule has 0 unspecified atom stereocenters. The lowest BCUT2D eigenvalue weighted by atomic mass is 9.90. The summed E-state index contributed by atoms with van der Waals surface area (Å²) in [5, 5.41) is 3.80. The van der Waals surface area contributed by atoms with Crippen molar-refractivity contribution < 1.29 is 4.79 Å². The first kappa shape index (κ1) is 20.2. The molecule has 0 fully saturated rings. The molecule has 4 rings (SSSR count). The number of allylic oxidation sites excluding steroid dienone is 1. The quantitative estimate of drug-likeness (QED) is 0.532. The monoisotopic (exact) mass is 416 g/mol. The first-order chi connectivity index (χ1) is 14.4. The summed E-state index contributed by atoms with van der Waals surface area (Å²) >= 11 is 5.96. The van der Waals surface area contributed by atoms with Gasteiger partial charge in [-0.2, -0.15) is 0 Å². The van der Waals surface area contributed by atoms with Gasteiger partial charge < -0.3 is 10.2 Å². The van der Waals surface area contributed by atoms with Crippen LogP contribution in [0.3, 0.4) is 0 Å². The lowest BCUT2D eigenvalue weighted by molar-refractivity contribution is 0.102. The summed E-state index contributed by atoms with van der Waals surface area (Å²) in [6, 6.07) is 19.4. The van der Waals surface area contributed by atoms with Crippen LogP contribution in [-0.4, -0.2) is 24.9 Å². The van der Waals surface area contributed by atoms with Crippen LogP contribution in [0, 0.1) is 6.92 Å². The number of amides is 1. The smallest absolute Gasteiger partial charge is 0.255 e. The zero-order valence-corrected chi connectivity index (χ0v) is 18.3.